The Labute approximate surface area is 125 Å². The van der Waals surface area contributed by atoms with Crippen molar-refractivity contribution >= 4 is 27.5 Å². The van der Waals surface area contributed by atoms with Crippen LogP contribution >= 0.6 is 27.5 Å². The molecule has 0 aliphatic rings. The van der Waals surface area contributed by atoms with Crippen molar-refractivity contribution in [3.8, 4) is 0 Å². The van der Waals surface area contributed by atoms with Gasteiger partial charge in [-0.25, -0.2) is 4.39 Å². The standard InChI is InChI=1S/C14H13BrClFN2/c1-2-18-14(13-6-3-9(15)8-19-13)11-5-4-10(16)7-12(11)17/h3-8,14,18H,2H2,1H3. The molecule has 1 aromatic carbocycles. The minimum atomic E-state index is -0.330. The Bertz CT molecular complexity index is 560. The molecule has 100 valence electrons. The van der Waals surface area contributed by atoms with E-state index in [-0.39, 0.29) is 11.9 Å². The highest BCUT2D eigenvalue weighted by Gasteiger charge is 2.18. The number of rotatable bonds is 4. The molecule has 1 unspecified atom stereocenters. The van der Waals surface area contributed by atoms with Gasteiger partial charge in [0.15, 0.2) is 0 Å². The van der Waals surface area contributed by atoms with E-state index in [4.69, 9.17) is 11.6 Å². The molecule has 2 aromatic rings. The molecule has 0 saturated heterocycles. The smallest absolute Gasteiger partial charge is 0.129 e. The lowest BCUT2D eigenvalue weighted by atomic mass is 10.0. The van der Waals surface area contributed by atoms with E-state index in [1.807, 2.05) is 19.1 Å². The molecule has 0 spiro atoms. The third-order valence-electron chi connectivity index (χ3n) is 2.73. The number of nitrogens with one attached hydrogen (secondary N) is 1. The number of nitrogens with zero attached hydrogens (tertiary/aromatic N) is 1. The van der Waals surface area contributed by atoms with E-state index in [9.17, 15) is 4.39 Å². The minimum absolute atomic E-state index is 0.282. The maximum atomic E-state index is 14.0. The predicted octanol–water partition coefficient (Wildman–Crippen LogP) is 4.34. The van der Waals surface area contributed by atoms with Gasteiger partial charge in [-0.1, -0.05) is 24.6 Å². The molecule has 0 amide bonds. The number of halogens is 3. The first-order valence-corrected chi connectivity index (χ1v) is 7.08. The highest BCUT2D eigenvalue weighted by atomic mass is 79.9. The zero-order chi connectivity index (χ0) is 13.8. The van der Waals surface area contributed by atoms with Crippen LogP contribution in [0.4, 0.5) is 4.39 Å². The lowest BCUT2D eigenvalue weighted by Gasteiger charge is -2.18. The Morgan fingerprint density at radius 3 is 2.74 bits per heavy atom. The fraction of sp³-hybridized carbons (Fsp3) is 0.214. The average Bonchev–Trinajstić information content (AvgIpc) is 2.38. The zero-order valence-corrected chi connectivity index (χ0v) is 12.7. The first kappa shape index (κ1) is 14.4. The summed E-state index contributed by atoms with van der Waals surface area (Å²) in [4.78, 5) is 4.33. The van der Waals surface area contributed by atoms with Gasteiger partial charge in [0, 0.05) is 21.3 Å². The molecule has 2 rings (SSSR count). The lowest BCUT2D eigenvalue weighted by molar-refractivity contribution is 0.552. The van der Waals surface area contributed by atoms with Crippen LogP contribution < -0.4 is 5.32 Å². The van der Waals surface area contributed by atoms with Gasteiger partial charge in [0.05, 0.1) is 11.7 Å². The summed E-state index contributed by atoms with van der Waals surface area (Å²) in [5, 5.41) is 3.62. The molecule has 1 N–H and O–H groups in total. The van der Waals surface area contributed by atoms with Crippen LogP contribution in [0.2, 0.25) is 5.02 Å². The van der Waals surface area contributed by atoms with Crippen molar-refractivity contribution in [3.63, 3.8) is 0 Å². The van der Waals surface area contributed by atoms with Crippen LogP contribution in [0.1, 0.15) is 24.2 Å². The molecule has 1 aromatic heterocycles. The van der Waals surface area contributed by atoms with Crippen molar-refractivity contribution in [2.75, 3.05) is 6.54 Å². The molecule has 1 heterocycles. The highest BCUT2D eigenvalue weighted by molar-refractivity contribution is 9.10. The van der Waals surface area contributed by atoms with E-state index in [0.717, 1.165) is 10.2 Å². The number of benzene rings is 1. The van der Waals surface area contributed by atoms with Crippen LogP contribution in [0.5, 0.6) is 0 Å². The maximum Gasteiger partial charge on any atom is 0.129 e. The molecular weight excluding hydrogens is 331 g/mol. The quantitative estimate of drug-likeness (QED) is 0.893. The summed E-state index contributed by atoms with van der Waals surface area (Å²) < 4.78 is 14.9. The van der Waals surface area contributed by atoms with Crippen LogP contribution in [0, 0.1) is 5.82 Å². The summed E-state index contributed by atoms with van der Waals surface area (Å²) in [6.45, 7) is 2.68. The monoisotopic (exact) mass is 342 g/mol. The first-order chi connectivity index (χ1) is 9.11. The second-order valence-corrected chi connectivity index (χ2v) is 5.41. The van der Waals surface area contributed by atoms with Crippen LogP contribution in [0.15, 0.2) is 41.0 Å². The van der Waals surface area contributed by atoms with E-state index < -0.39 is 0 Å². The second-order valence-electron chi connectivity index (χ2n) is 4.06. The molecule has 19 heavy (non-hydrogen) atoms. The van der Waals surface area contributed by atoms with Gasteiger partial charge in [0.2, 0.25) is 0 Å². The van der Waals surface area contributed by atoms with E-state index in [2.05, 4.69) is 26.2 Å². The van der Waals surface area contributed by atoms with Gasteiger partial charge in [-0.3, -0.25) is 4.98 Å². The maximum absolute atomic E-state index is 14.0. The normalized spacial score (nSPS) is 12.4. The largest absolute Gasteiger partial charge is 0.305 e. The van der Waals surface area contributed by atoms with Crippen LogP contribution in [0.3, 0.4) is 0 Å². The summed E-state index contributed by atoms with van der Waals surface area (Å²) >= 11 is 9.12. The van der Waals surface area contributed by atoms with E-state index in [0.29, 0.717) is 17.1 Å². The molecular formula is C14H13BrClFN2. The zero-order valence-electron chi connectivity index (χ0n) is 10.3. The Morgan fingerprint density at radius 1 is 1.37 bits per heavy atom. The van der Waals surface area contributed by atoms with Crippen molar-refractivity contribution in [2.24, 2.45) is 0 Å². The number of hydrogen-bond acceptors (Lipinski definition) is 2. The minimum Gasteiger partial charge on any atom is -0.305 e. The highest BCUT2D eigenvalue weighted by Crippen LogP contribution is 2.25. The van der Waals surface area contributed by atoms with Crippen molar-refractivity contribution < 1.29 is 4.39 Å². The predicted molar refractivity (Wildman–Crippen MR) is 78.9 cm³/mol. The number of pyridine rings is 1. The second kappa shape index (κ2) is 6.46. The first-order valence-electron chi connectivity index (χ1n) is 5.91. The summed E-state index contributed by atoms with van der Waals surface area (Å²) in [5.41, 5.74) is 1.31. The van der Waals surface area contributed by atoms with Gasteiger partial charge in [-0.2, -0.15) is 0 Å². The number of aromatic nitrogens is 1. The van der Waals surface area contributed by atoms with E-state index in [1.54, 1.807) is 18.3 Å². The SMILES string of the molecule is CCNC(c1ccc(Br)cn1)c1ccc(Cl)cc1F. The summed E-state index contributed by atoms with van der Waals surface area (Å²) in [5.74, 6) is -0.330. The van der Waals surface area contributed by atoms with E-state index >= 15 is 0 Å². The van der Waals surface area contributed by atoms with Crippen molar-refractivity contribution in [1.82, 2.24) is 10.3 Å². The van der Waals surface area contributed by atoms with Crippen molar-refractivity contribution in [1.29, 1.82) is 0 Å². The van der Waals surface area contributed by atoms with Crippen molar-refractivity contribution in [2.45, 2.75) is 13.0 Å². The molecule has 1 atom stereocenters. The third kappa shape index (κ3) is 3.53. The molecule has 0 radical (unpaired) electrons. The fourth-order valence-corrected chi connectivity index (χ4v) is 2.26. The van der Waals surface area contributed by atoms with Gasteiger partial charge >= 0.3 is 0 Å². The molecule has 0 aliphatic carbocycles. The Morgan fingerprint density at radius 2 is 2.16 bits per heavy atom. The number of hydrogen-bond donors (Lipinski definition) is 1. The summed E-state index contributed by atoms with van der Waals surface area (Å²) in [6.07, 6.45) is 1.70. The Balaban J connectivity index is 2.41. The van der Waals surface area contributed by atoms with Crippen molar-refractivity contribution in [3.05, 3.63) is 63.1 Å². The van der Waals surface area contributed by atoms with Crippen LogP contribution in [0.25, 0.3) is 0 Å². The summed E-state index contributed by atoms with van der Waals surface area (Å²) in [7, 11) is 0. The molecule has 5 heteroatoms. The molecule has 0 aliphatic heterocycles. The Hall–Kier alpha value is -0.970. The van der Waals surface area contributed by atoms with E-state index in [1.165, 1.54) is 6.07 Å². The molecule has 0 fully saturated rings. The Kier molecular flexibility index (Phi) is 4.91. The van der Waals surface area contributed by atoms with Gasteiger partial charge in [0.25, 0.3) is 0 Å². The molecule has 0 bridgehead atoms. The lowest BCUT2D eigenvalue weighted by Crippen LogP contribution is -2.23. The molecule has 2 nitrogen and oxygen atoms in total. The van der Waals surface area contributed by atoms with Crippen LogP contribution in [-0.2, 0) is 0 Å². The average molecular weight is 344 g/mol. The van der Waals surface area contributed by atoms with Gasteiger partial charge in [-0.15, -0.1) is 0 Å². The summed E-state index contributed by atoms with van der Waals surface area (Å²) in [6, 6.07) is 8.17. The van der Waals surface area contributed by atoms with Gasteiger partial charge in [-0.05, 0) is 46.7 Å². The topological polar surface area (TPSA) is 24.9 Å². The third-order valence-corrected chi connectivity index (χ3v) is 3.43. The van der Waals surface area contributed by atoms with Crippen LogP contribution in [-0.4, -0.2) is 11.5 Å². The molecule has 0 saturated carbocycles. The van der Waals surface area contributed by atoms with Gasteiger partial charge < -0.3 is 5.32 Å². The fourth-order valence-electron chi connectivity index (χ4n) is 1.87. The van der Waals surface area contributed by atoms with Gasteiger partial charge in [0.1, 0.15) is 5.82 Å².